The van der Waals surface area contributed by atoms with Gasteiger partial charge in [0.1, 0.15) is 5.54 Å². The Morgan fingerprint density at radius 2 is 1.84 bits per heavy atom. The summed E-state index contributed by atoms with van der Waals surface area (Å²) >= 11 is 0. The first kappa shape index (κ1) is 15.3. The molecule has 1 unspecified atom stereocenters. The molecule has 0 radical (unpaired) electrons. The number of amides is 1. The molecule has 0 spiro atoms. The maximum absolute atomic E-state index is 12.9. The summed E-state index contributed by atoms with van der Waals surface area (Å²) in [6.45, 7) is 2.05. The van der Waals surface area contributed by atoms with E-state index in [-0.39, 0.29) is 6.42 Å². The average Bonchev–Trinajstić information content (AvgIpc) is 2.28. The van der Waals surface area contributed by atoms with Gasteiger partial charge in [-0.05, 0) is 18.9 Å². The van der Waals surface area contributed by atoms with Crippen molar-refractivity contribution in [1.29, 1.82) is 0 Å². The van der Waals surface area contributed by atoms with Crippen molar-refractivity contribution in [1.82, 2.24) is 5.32 Å². The van der Waals surface area contributed by atoms with Crippen molar-refractivity contribution in [2.75, 3.05) is 0 Å². The molecule has 2 nitrogen and oxygen atoms in total. The van der Waals surface area contributed by atoms with E-state index in [1.165, 1.54) is 6.08 Å². The zero-order valence-corrected chi connectivity index (χ0v) is 10.8. The van der Waals surface area contributed by atoms with Crippen LogP contribution in [0.25, 0.3) is 6.08 Å². The van der Waals surface area contributed by atoms with E-state index in [2.05, 4.69) is 0 Å². The normalized spacial score (nSPS) is 15.2. The minimum absolute atomic E-state index is 0.315. The number of benzene rings is 1. The van der Waals surface area contributed by atoms with Gasteiger partial charge in [0.15, 0.2) is 0 Å². The average molecular weight is 271 g/mol. The maximum Gasteiger partial charge on any atom is 0.411 e. The molecule has 19 heavy (non-hydrogen) atoms. The summed E-state index contributed by atoms with van der Waals surface area (Å²) < 4.78 is 38.8. The number of carbonyl (C=O) groups is 1. The van der Waals surface area contributed by atoms with E-state index in [1.54, 1.807) is 30.3 Å². The molecule has 104 valence electrons. The molecule has 5 heteroatoms. The van der Waals surface area contributed by atoms with Gasteiger partial charge in [0, 0.05) is 6.92 Å². The first-order valence-electron chi connectivity index (χ1n) is 5.82. The molecule has 1 aromatic carbocycles. The lowest BCUT2D eigenvalue weighted by molar-refractivity contribution is -0.192. The van der Waals surface area contributed by atoms with Gasteiger partial charge in [-0.3, -0.25) is 4.79 Å². The van der Waals surface area contributed by atoms with E-state index in [9.17, 15) is 18.0 Å². The standard InChI is InChI=1S/C14H16F3NO/c1-11(19)18-13(2,14(15,16)17)10-6-9-12-7-4-3-5-8-12/h3-9H,10H2,1-2H3,(H,18,19)/b9-6-. The number of alkyl halides is 3. The summed E-state index contributed by atoms with van der Waals surface area (Å²) in [5.74, 6) is -0.701. The fourth-order valence-electron chi connectivity index (χ4n) is 1.62. The van der Waals surface area contributed by atoms with Crippen LogP contribution in [-0.2, 0) is 4.79 Å². The van der Waals surface area contributed by atoms with Crippen LogP contribution in [-0.4, -0.2) is 17.6 Å². The van der Waals surface area contributed by atoms with E-state index in [0.29, 0.717) is 0 Å². The molecule has 0 aliphatic carbocycles. The minimum Gasteiger partial charge on any atom is -0.342 e. The first-order chi connectivity index (χ1) is 8.74. The van der Waals surface area contributed by atoms with Crippen LogP contribution in [0.2, 0.25) is 0 Å². The highest BCUT2D eigenvalue weighted by Crippen LogP contribution is 2.33. The molecule has 0 bridgehead atoms. The highest BCUT2D eigenvalue weighted by molar-refractivity contribution is 5.74. The molecule has 0 aliphatic heterocycles. The Bertz CT molecular complexity index is 454. The lowest BCUT2D eigenvalue weighted by Gasteiger charge is -2.31. The Kier molecular flexibility index (Phi) is 4.75. The van der Waals surface area contributed by atoms with Crippen molar-refractivity contribution < 1.29 is 18.0 Å². The second kappa shape index (κ2) is 5.91. The largest absolute Gasteiger partial charge is 0.411 e. The number of hydrogen-bond acceptors (Lipinski definition) is 1. The maximum atomic E-state index is 12.9. The minimum atomic E-state index is -4.50. The van der Waals surface area contributed by atoms with Gasteiger partial charge < -0.3 is 5.32 Å². The topological polar surface area (TPSA) is 29.1 Å². The Labute approximate surface area is 110 Å². The Hall–Kier alpha value is -1.78. The fourth-order valence-corrected chi connectivity index (χ4v) is 1.62. The molecular formula is C14H16F3NO. The molecule has 1 rings (SSSR count). The number of rotatable bonds is 4. The molecule has 0 saturated carbocycles. The summed E-state index contributed by atoms with van der Waals surface area (Å²) in [7, 11) is 0. The predicted molar refractivity (Wildman–Crippen MR) is 68.4 cm³/mol. The van der Waals surface area contributed by atoms with Crippen molar-refractivity contribution >= 4 is 12.0 Å². The Morgan fingerprint density at radius 3 is 2.32 bits per heavy atom. The van der Waals surface area contributed by atoms with Gasteiger partial charge in [0.2, 0.25) is 5.91 Å². The molecule has 0 aliphatic rings. The quantitative estimate of drug-likeness (QED) is 0.891. The lowest BCUT2D eigenvalue weighted by Crippen LogP contribution is -2.55. The first-order valence-corrected chi connectivity index (χ1v) is 5.82. The van der Waals surface area contributed by atoms with Gasteiger partial charge >= 0.3 is 6.18 Å². The number of hydrogen-bond donors (Lipinski definition) is 1. The highest BCUT2D eigenvalue weighted by Gasteiger charge is 2.50. The molecule has 0 aromatic heterocycles. The van der Waals surface area contributed by atoms with Crippen molar-refractivity contribution in [3.8, 4) is 0 Å². The predicted octanol–water partition coefficient (Wildman–Crippen LogP) is 3.55. The number of halogens is 3. The van der Waals surface area contributed by atoms with Gasteiger partial charge in [-0.25, -0.2) is 0 Å². The molecule has 1 atom stereocenters. The van der Waals surface area contributed by atoms with E-state index in [4.69, 9.17) is 0 Å². The third-order valence-electron chi connectivity index (χ3n) is 2.71. The smallest absolute Gasteiger partial charge is 0.342 e. The van der Waals surface area contributed by atoms with Gasteiger partial charge in [0.05, 0.1) is 0 Å². The monoisotopic (exact) mass is 271 g/mol. The Morgan fingerprint density at radius 1 is 1.26 bits per heavy atom. The van der Waals surface area contributed by atoms with Crippen molar-refractivity contribution in [2.45, 2.75) is 32.0 Å². The summed E-state index contributed by atoms with van der Waals surface area (Å²) in [6, 6.07) is 9.01. The van der Waals surface area contributed by atoms with Crippen LogP contribution >= 0.6 is 0 Å². The van der Waals surface area contributed by atoms with Crippen LogP contribution in [0.1, 0.15) is 25.8 Å². The van der Waals surface area contributed by atoms with Gasteiger partial charge in [-0.1, -0.05) is 42.5 Å². The highest BCUT2D eigenvalue weighted by atomic mass is 19.4. The van der Waals surface area contributed by atoms with Crippen LogP contribution in [0.5, 0.6) is 0 Å². The third kappa shape index (κ3) is 4.43. The fraction of sp³-hybridized carbons (Fsp3) is 0.357. The summed E-state index contributed by atoms with van der Waals surface area (Å²) in [5, 5.41) is 1.97. The van der Waals surface area contributed by atoms with Crippen LogP contribution in [0.3, 0.4) is 0 Å². The molecule has 1 aromatic rings. The van der Waals surface area contributed by atoms with Crippen LogP contribution < -0.4 is 5.32 Å². The third-order valence-corrected chi connectivity index (χ3v) is 2.71. The van der Waals surface area contributed by atoms with E-state index in [0.717, 1.165) is 19.4 Å². The van der Waals surface area contributed by atoms with Crippen LogP contribution in [0, 0.1) is 0 Å². The summed E-state index contributed by atoms with van der Waals surface area (Å²) in [5.41, 5.74) is -1.43. The molecule has 1 N–H and O–H groups in total. The molecular weight excluding hydrogens is 255 g/mol. The molecule has 0 heterocycles. The van der Waals surface area contributed by atoms with Crippen molar-refractivity contribution in [3.05, 3.63) is 42.0 Å². The molecule has 0 saturated heterocycles. The summed E-state index contributed by atoms with van der Waals surface area (Å²) in [6.07, 6.45) is -1.80. The van der Waals surface area contributed by atoms with E-state index in [1.807, 2.05) is 11.4 Å². The Balaban J connectivity index is 2.80. The SMILES string of the molecule is CC(=O)NC(C)(C/C=C\c1ccccc1)C(F)(F)F. The van der Waals surface area contributed by atoms with Gasteiger partial charge in [0.25, 0.3) is 0 Å². The van der Waals surface area contributed by atoms with Crippen LogP contribution in [0.15, 0.2) is 36.4 Å². The van der Waals surface area contributed by atoms with Crippen molar-refractivity contribution in [2.24, 2.45) is 0 Å². The van der Waals surface area contributed by atoms with Gasteiger partial charge in [-0.2, -0.15) is 13.2 Å². The second-order valence-corrected chi connectivity index (χ2v) is 4.53. The number of carbonyl (C=O) groups excluding carboxylic acids is 1. The molecule has 0 fully saturated rings. The molecule has 1 amide bonds. The lowest BCUT2D eigenvalue weighted by atomic mass is 9.96. The van der Waals surface area contributed by atoms with E-state index < -0.39 is 17.6 Å². The van der Waals surface area contributed by atoms with Crippen LogP contribution in [0.4, 0.5) is 13.2 Å². The zero-order chi connectivity index (χ0) is 14.5. The van der Waals surface area contributed by atoms with Crippen molar-refractivity contribution in [3.63, 3.8) is 0 Å². The second-order valence-electron chi connectivity index (χ2n) is 4.53. The zero-order valence-electron chi connectivity index (χ0n) is 10.8. The van der Waals surface area contributed by atoms with E-state index >= 15 is 0 Å². The number of nitrogens with one attached hydrogen (secondary N) is 1. The van der Waals surface area contributed by atoms with Gasteiger partial charge in [-0.15, -0.1) is 0 Å². The summed E-state index contributed by atoms with van der Waals surface area (Å²) in [4.78, 5) is 10.9.